The number of benzene rings is 3. The molecule has 0 spiro atoms. The summed E-state index contributed by atoms with van der Waals surface area (Å²) in [7, 11) is -0.303. The van der Waals surface area contributed by atoms with Crippen molar-refractivity contribution in [2.24, 2.45) is 0 Å². The fraction of sp³-hybridized carbons (Fsp3) is 0.194. The Bertz CT molecular complexity index is 1540. The molecule has 0 atom stereocenters. The van der Waals surface area contributed by atoms with Crippen molar-refractivity contribution < 1.29 is 70.1 Å². The van der Waals surface area contributed by atoms with E-state index in [-0.39, 0.29) is 41.4 Å². The van der Waals surface area contributed by atoms with E-state index in [9.17, 15) is 43.9 Å². The molecule has 0 aromatic heterocycles. The zero-order valence-electron chi connectivity index (χ0n) is 23.5. The van der Waals surface area contributed by atoms with E-state index in [2.05, 4.69) is 63.3 Å². The van der Waals surface area contributed by atoms with Crippen LogP contribution in [0.3, 0.4) is 0 Å². The van der Waals surface area contributed by atoms with E-state index in [0.717, 1.165) is 6.42 Å². The van der Waals surface area contributed by atoms with Crippen LogP contribution in [0.25, 0.3) is 10.8 Å². The second-order valence-electron chi connectivity index (χ2n) is 9.05. The summed E-state index contributed by atoms with van der Waals surface area (Å²) in [6.45, 7) is 6.89. The van der Waals surface area contributed by atoms with Crippen molar-refractivity contribution in [2.45, 2.75) is 27.2 Å². The van der Waals surface area contributed by atoms with Crippen LogP contribution >= 0.6 is 7.92 Å². The number of rotatable bonds is 5. The number of aryl methyl sites for hydroxylation is 1. The van der Waals surface area contributed by atoms with Gasteiger partial charge in [0.25, 0.3) is 0 Å². The molecule has 4 aromatic rings. The van der Waals surface area contributed by atoms with Crippen LogP contribution < -0.4 is 16.2 Å². The number of fused-ring (bicyclic) bond motifs is 1. The number of hydrogen-bond donors (Lipinski definition) is 0. The van der Waals surface area contributed by atoms with Crippen LogP contribution in [0.2, 0.25) is 0 Å². The van der Waals surface area contributed by atoms with E-state index < -0.39 is 69.1 Å². The molecule has 1 aliphatic carbocycles. The van der Waals surface area contributed by atoms with Crippen LogP contribution in [-0.2, 0) is 26.2 Å². The molecule has 4 aromatic carbocycles. The Morgan fingerprint density at radius 2 is 1.14 bits per heavy atom. The summed E-state index contributed by atoms with van der Waals surface area (Å²) in [5, 5.41) is 4.55. The molecule has 0 bridgehead atoms. The number of allylic oxidation sites excluding steroid dienone is 4. The standard InChI is InChI=1S/C14H18P.C12BF10.C5H5.Zr/c1-4-15(5-2)14-11(3)10-12-8-6-7-9-13(12)14;14-3-1(4(15)8(19)11(22)7(3)18)13-2-5(16)9(20)12(23)10(21)6(2)17;1-2-4-5-3-1;/h6-10H,4-5H2,1-3H3;;1-3H,4H2;/q-1;;-1;+2. The summed E-state index contributed by atoms with van der Waals surface area (Å²) in [5.74, 6) is -24.9. The number of hydrogen-bond acceptors (Lipinski definition) is 0. The van der Waals surface area contributed by atoms with Crippen molar-refractivity contribution in [2.75, 3.05) is 12.3 Å². The quantitative estimate of drug-likeness (QED) is 0.0490. The van der Waals surface area contributed by atoms with E-state index in [1.165, 1.54) is 28.7 Å². The van der Waals surface area contributed by atoms with Crippen molar-refractivity contribution in [1.29, 1.82) is 0 Å². The Morgan fingerprint density at radius 3 is 1.50 bits per heavy atom. The van der Waals surface area contributed by atoms with Crippen LogP contribution in [0.5, 0.6) is 0 Å². The molecule has 229 valence electrons. The zero-order chi connectivity index (χ0) is 32.0. The van der Waals surface area contributed by atoms with E-state index in [4.69, 9.17) is 0 Å². The van der Waals surface area contributed by atoms with Gasteiger partial charge in [-0.2, -0.15) is 12.1 Å². The van der Waals surface area contributed by atoms with Gasteiger partial charge in [-0.1, -0.05) is 26.8 Å². The average molecular weight is 719 g/mol. The minimum absolute atomic E-state index is 0. The van der Waals surface area contributed by atoms with Crippen molar-refractivity contribution in [1.82, 2.24) is 0 Å². The van der Waals surface area contributed by atoms with Crippen molar-refractivity contribution in [3.8, 4) is 0 Å². The van der Waals surface area contributed by atoms with Gasteiger partial charge in [-0.3, -0.25) is 6.08 Å². The van der Waals surface area contributed by atoms with Gasteiger partial charge in [0.2, 0.25) is 7.28 Å². The molecule has 0 saturated carbocycles. The maximum atomic E-state index is 13.4. The number of halogens is 10. The molecule has 44 heavy (non-hydrogen) atoms. The molecule has 0 unspecified atom stereocenters. The van der Waals surface area contributed by atoms with Gasteiger partial charge in [0.1, 0.15) is 0 Å². The molecule has 1 radical (unpaired) electrons. The third-order valence-corrected chi connectivity index (χ3v) is 9.16. The van der Waals surface area contributed by atoms with Gasteiger partial charge in [-0.15, -0.1) is 54.2 Å². The van der Waals surface area contributed by atoms with Crippen LogP contribution in [0.15, 0.2) is 48.6 Å². The second-order valence-corrected chi connectivity index (χ2v) is 11.8. The van der Waals surface area contributed by atoms with Gasteiger partial charge in [0.05, 0.1) is 0 Å². The fourth-order valence-electron chi connectivity index (χ4n) is 4.29. The summed E-state index contributed by atoms with van der Waals surface area (Å²) in [6.07, 6.45) is 12.6. The topological polar surface area (TPSA) is 0 Å². The minimum atomic E-state index is -2.55. The Kier molecular flexibility index (Phi) is 14.2. The summed E-state index contributed by atoms with van der Waals surface area (Å²) < 4.78 is 131. The second kappa shape index (κ2) is 16.7. The molecule has 0 saturated heterocycles. The first-order valence-corrected chi connectivity index (χ1v) is 14.6. The minimum Gasteiger partial charge on any atom is -0.273 e. The van der Waals surface area contributed by atoms with E-state index in [0.29, 0.717) is 0 Å². The van der Waals surface area contributed by atoms with Gasteiger partial charge in [-0.25, -0.2) is 56.1 Å². The summed E-state index contributed by atoms with van der Waals surface area (Å²) in [4.78, 5) is 0. The Labute approximate surface area is 269 Å². The van der Waals surface area contributed by atoms with Crippen LogP contribution in [0.4, 0.5) is 43.9 Å². The van der Waals surface area contributed by atoms with E-state index in [1.807, 2.05) is 12.2 Å². The maximum Gasteiger partial charge on any atom is 2.00 e. The molecule has 5 rings (SSSR count). The van der Waals surface area contributed by atoms with Gasteiger partial charge in [-0.05, 0) is 23.2 Å². The molecule has 0 amide bonds. The van der Waals surface area contributed by atoms with Crippen LogP contribution in [-0.4, -0.2) is 19.6 Å². The monoisotopic (exact) mass is 717 g/mol. The van der Waals surface area contributed by atoms with Crippen LogP contribution in [0.1, 0.15) is 25.8 Å². The first kappa shape index (κ1) is 37.6. The first-order chi connectivity index (χ1) is 20.4. The molecule has 0 fully saturated rings. The van der Waals surface area contributed by atoms with Crippen molar-refractivity contribution >= 4 is 42.2 Å². The van der Waals surface area contributed by atoms with Crippen molar-refractivity contribution in [3.05, 3.63) is 118 Å². The summed E-state index contributed by atoms with van der Waals surface area (Å²) >= 11 is 0. The normalized spacial score (nSPS) is 11.7. The maximum absolute atomic E-state index is 13.4. The van der Waals surface area contributed by atoms with E-state index >= 15 is 0 Å². The molecular formula is C31H23BF10PZr. The largest absolute Gasteiger partial charge is 2.00 e. The SMILES string of the molecule is CCP(CC)[c-]1c(C)cc2ccccc21.Fc1c(F)c(F)c([B]c2c(F)c(F)c(F)c(F)c2F)c(F)c1F.[C-]1=CC=CC1.[Zr+2]. The smallest absolute Gasteiger partial charge is 0.273 e. The van der Waals surface area contributed by atoms with Crippen molar-refractivity contribution in [3.63, 3.8) is 0 Å². The average Bonchev–Trinajstić information content (AvgIpc) is 3.70. The molecule has 0 N–H and O–H groups in total. The molecule has 0 nitrogen and oxygen atoms in total. The first-order valence-electron chi connectivity index (χ1n) is 12.9. The third kappa shape index (κ3) is 7.98. The predicted molar refractivity (Wildman–Crippen MR) is 151 cm³/mol. The molecule has 13 heteroatoms. The van der Waals surface area contributed by atoms with Gasteiger partial charge < -0.3 is 0 Å². The summed E-state index contributed by atoms with van der Waals surface area (Å²) in [6, 6.07) is 11.1. The molecule has 0 heterocycles. The van der Waals surface area contributed by atoms with Crippen LogP contribution in [0, 0.1) is 71.2 Å². The molecular weight excluding hydrogens is 695 g/mol. The predicted octanol–water partition coefficient (Wildman–Crippen LogP) is 8.05. The Hall–Kier alpha value is -2.57. The van der Waals surface area contributed by atoms with E-state index in [1.54, 1.807) is 5.30 Å². The fourth-order valence-corrected chi connectivity index (χ4v) is 6.48. The Morgan fingerprint density at radius 1 is 0.705 bits per heavy atom. The Balaban J connectivity index is 0.000000273. The summed E-state index contributed by atoms with van der Waals surface area (Å²) in [5.41, 5.74) is -2.22. The van der Waals surface area contributed by atoms with Gasteiger partial charge in [0.15, 0.2) is 58.2 Å². The molecule has 0 aliphatic heterocycles. The third-order valence-electron chi connectivity index (χ3n) is 6.40. The zero-order valence-corrected chi connectivity index (χ0v) is 26.9. The van der Waals surface area contributed by atoms with Gasteiger partial charge >= 0.3 is 26.2 Å². The molecule has 1 aliphatic rings. The van der Waals surface area contributed by atoms with Gasteiger partial charge in [0, 0.05) is 0 Å².